The van der Waals surface area contributed by atoms with Gasteiger partial charge in [-0.2, -0.15) is 0 Å². The van der Waals surface area contributed by atoms with Gasteiger partial charge in [0, 0.05) is 33.3 Å². The number of aromatic nitrogens is 1. The van der Waals surface area contributed by atoms with Gasteiger partial charge in [-0.05, 0) is 18.6 Å². The number of anilines is 1. The first-order chi connectivity index (χ1) is 7.75. The highest BCUT2D eigenvalue weighted by atomic mass is 16.5. The van der Waals surface area contributed by atoms with E-state index in [0.29, 0.717) is 6.04 Å². The molecule has 1 fully saturated rings. The molecule has 0 radical (unpaired) electrons. The summed E-state index contributed by atoms with van der Waals surface area (Å²) in [6, 6.07) is 6.60. The van der Waals surface area contributed by atoms with Crippen LogP contribution in [0, 0.1) is 0 Å². The highest BCUT2D eigenvalue weighted by Gasteiger charge is 2.14. The molecule has 1 atom stereocenters. The Labute approximate surface area is 96.6 Å². The smallest absolute Gasteiger partial charge is 0.128 e. The quantitative estimate of drug-likeness (QED) is 0.824. The van der Waals surface area contributed by atoms with Crippen molar-refractivity contribution in [1.29, 1.82) is 0 Å². The Morgan fingerprint density at radius 2 is 2.38 bits per heavy atom. The largest absolute Gasteiger partial charge is 0.380 e. The number of nitrogens with zero attached hydrogens (tertiary/aromatic N) is 2. The van der Waals surface area contributed by atoms with Crippen molar-refractivity contribution in [2.75, 3.05) is 32.2 Å². The molecule has 0 saturated carbocycles. The van der Waals surface area contributed by atoms with E-state index < -0.39 is 0 Å². The molecule has 0 aromatic carbocycles. The monoisotopic (exact) mass is 221 g/mol. The highest BCUT2D eigenvalue weighted by Crippen LogP contribution is 2.09. The summed E-state index contributed by atoms with van der Waals surface area (Å²) in [6.45, 7) is 2.52. The van der Waals surface area contributed by atoms with E-state index in [9.17, 15) is 0 Å². The summed E-state index contributed by atoms with van der Waals surface area (Å²) in [4.78, 5) is 6.57. The van der Waals surface area contributed by atoms with Crippen LogP contribution in [-0.2, 0) is 11.3 Å². The van der Waals surface area contributed by atoms with Crippen molar-refractivity contribution >= 4 is 5.82 Å². The Bertz CT molecular complexity index is 335. The van der Waals surface area contributed by atoms with Gasteiger partial charge in [0.2, 0.25) is 0 Å². The van der Waals surface area contributed by atoms with Crippen molar-refractivity contribution in [2.24, 2.45) is 0 Å². The lowest BCUT2D eigenvalue weighted by atomic mass is 10.2. The molecule has 2 heterocycles. The fraction of sp³-hybridized carbons (Fsp3) is 0.583. The molecule has 0 bridgehead atoms. The van der Waals surface area contributed by atoms with Crippen LogP contribution in [0.15, 0.2) is 18.2 Å². The molecule has 1 N–H and O–H groups in total. The minimum atomic E-state index is 0.491. The second-order valence-electron chi connectivity index (χ2n) is 4.32. The molecule has 0 amide bonds. The van der Waals surface area contributed by atoms with Crippen molar-refractivity contribution < 1.29 is 4.74 Å². The Balaban J connectivity index is 1.90. The number of pyridine rings is 1. The van der Waals surface area contributed by atoms with Gasteiger partial charge < -0.3 is 15.0 Å². The normalized spacial score (nSPS) is 20.0. The number of nitrogens with one attached hydrogen (secondary N) is 1. The van der Waals surface area contributed by atoms with Gasteiger partial charge in [-0.15, -0.1) is 0 Å². The molecule has 0 aliphatic carbocycles. The van der Waals surface area contributed by atoms with Crippen LogP contribution in [-0.4, -0.2) is 38.3 Å². The van der Waals surface area contributed by atoms with Gasteiger partial charge in [-0.3, -0.25) is 0 Å². The van der Waals surface area contributed by atoms with E-state index in [4.69, 9.17) is 4.74 Å². The Hall–Kier alpha value is -1.13. The molecule has 16 heavy (non-hydrogen) atoms. The molecule has 1 unspecified atom stereocenters. The van der Waals surface area contributed by atoms with E-state index in [1.165, 1.54) is 0 Å². The first-order valence-corrected chi connectivity index (χ1v) is 5.70. The fourth-order valence-corrected chi connectivity index (χ4v) is 1.76. The Morgan fingerprint density at radius 3 is 3.06 bits per heavy atom. The van der Waals surface area contributed by atoms with Crippen LogP contribution >= 0.6 is 0 Å². The van der Waals surface area contributed by atoms with Crippen molar-refractivity contribution in [3.8, 4) is 0 Å². The zero-order chi connectivity index (χ0) is 11.4. The Kier molecular flexibility index (Phi) is 3.74. The summed E-state index contributed by atoms with van der Waals surface area (Å²) in [5.41, 5.74) is 1.08. The van der Waals surface area contributed by atoms with Gasteiger partial charge in [0.1, 0.15) is 5.82 Å². The third-order valence-electron chi connectivity index (χ3n) is 2.75. The van der Waals surface area contributed by atoms with Gasteiger partial charge >= 0.3 is 0 Å². The van der Waals surface area contributed by atoms with E-state index in [0.717, 1.165) is 37.7 Å². The predicted molar refractivity (Wildman–Crippen MR) is 64.6 cm³/mol. The van der Waals surface area contributed by atoms with Crippen LogP contribution < -0.4 is 10.2 Å². The zero-order valence-corrected chi connectivity index (χ0v) is 9.94. The van der Waals surface area contributed by atoms with Gasteiger partial charge in [0.15, 0.2) is 0 Å². The molecule has 1 aromatic heterocycles. The molecule has 1 saturated heterocycles. The maximum Gasteiger partial charge on any atom is 0.128 e. The van der Waals surface area contributed by atoms with Crippen LogP contribution in [0.2, 0.25) is 0 Å². The summed E-state index contributed by atoms with van der Waals surface area (Å²) >= 11 is 0. The number of hydrogen-bond acceptors (Lipinski definition) is 4. The maximum atomic E-state index is 5.32. The molecule has 4 heteroatoms. The first kappa shape index (κ1) is 11.4. The fourth-order valence-electron chi connectivity index (χ4n) is 1.76. The lowest BCUT2D eigenvalue weighted by molar-refractivity contribution is 0.189. The average molecular weight is 221 g/mol. The number of hydrogen-bond donors (Lipinski definition) is 1. The SMILES string of the molecule is CN(C)c1cccc(CNC2CCOC2)n1. The summed E-state index contributed by atoms with van der Waals surface area (Å²) in [7, 11) is 4.01. The number of rotatable bonds is 4. The minimum absolute atomic E-state index is 0.491. The zero-order valence-electron chi connectivity index (χ0n) is 9.94. The van der Waals surface area contributed by atoms with E-state index in [1.54, 1.807) is 0 Å². The van der Waals surface area contributed by atoms with E-state index in [1.807, 2.05) is 31.1 Å². The summed E-state index contributed by atoms with van der Waals surface area (Å²) in [5.74, 6) is 1.00. The van der Waals surface area contributed by atoms with Gasteiger partial charge in [-0.25, -0.2) is 4.98 Å². The van der Waals surface area contributed by atoms with E-state index in [2.05, 4.69) is 16.4 Å². The standard InChI is InChI=1S/C12H19N3O/c1-15(2)12-5-3-4-10(14-12)8-13-11-6-7-16-9-11/h3-5,11,13H,6-9H2,1-2H3. The molecule has 88 valence electrons. The molecule has 1 aliphatic heterocycles. The topological polar surface area (TPSA) is 37.4 Å². The second-order valence-corrected chi connectivity index (χ2v) is 4.32. The van der Waals surface area contributed by atoms with Crippen molar-refractivity contribution in [3.05, 3.63) is 23.9 Å². The molecule has 4 nitrogen and oxygen atoms in total. The van der Waals surface area contributed by atoms with Crippen LogP contribution in [0.4, 0.5) is 5.82 Å². The minimum Gasteiger partial charge on any atom is -0.380 e. The molecule has 0 spiro atoms. The summed E-state index contributed by atoms with van der Waals surface area (Å²) < 4.78 is 5.32. The second kappa shape index (κ2) is 5.27. The van der Waals surface area contributed by atoms with Crippen LogP contribution in [0.3, 0.4) is 0 Å². The summed E-state index contributed by atoms with van der Waals surface area (Å²) in [5, 5.41) is 3.46. The van der Waals surface area contributed by atoms with E-state index >= 15 is 0 Å². The van der Waals surface area contributed by atoms with Crippen molar-refractivity contribution in [1.82, 2.24) is 10.3 Å². The molecule has 1 aromatic rings. The maximum absolute atomic E-state index is 5.32. The Morgan fingerprint density at radius 1 is 1.50 bits per heavy atom. The molecular weight excluding hydrogens is 202 g/mol. The van der Waals surface area contributed by atoms with Crippen molar-refractivity contribution in [3.63, 3.8) is 0 Å². The average Bonchev–Trinajstić information content (AvgIpc) is 2.79. The first-order valence-electron chi connectivity index (χ1n) is 5.70. The third kappa shape index (κ3) is 2.93. The highest BCUT2D eigenvalue weighted by molar-refractivity contribution is 5.36. The van der Waals surface area contributed by atoms with Gasteiger partial charge in [0.05, 0.1) is 12.3 Å². The molecule has 1 aliphatic rings. The van der Waals surface area contributed by atoms with Crippen LogP contribution in [0.1, 0.15) is 12.1 Å². The lowest BCUT2D eigenvalue weighted by Gasteiger charge is -2.14. The van der Waals surface area contributed by atoms with Crippen LogP contribution in [0.5, 0.6) is 0 Å². The number of ether oxygens (including phenoxy) is 1. The molecular formula is C12H19N3O. The predicted octanol–water partition coefficient (Wildman–Crippen LogP) is 1.03. The van der Waals surface area contributed by atoms with Gasteiger partial charge in [-0.1, -0.05) is 6.07 Å². The lowest BCUT2D eigenvalue weighted by Crippen LogP contribution is -2.29. The molecule has 2 rings (SSSR count). The van der Waals surface area contributed by atoms with Gasteiger partial charge in [0.25, 0.3) is 0 Å². The van der Waals surface area contributed by atoms with E-state index in [-0.39, 0.29) is 0 Å². The summed E-state index contributed by atoms with van der Waals surface area (Å²) in [6.07, 6.45) is 1.10. The third-order valence-corrected chi connectivity index (χ3v) is 2.75. The van der Waals surface area contributed by atoms with Crippen LogP contribution in [0.25, 0.3) is 0 Å². The van der Waals surface area contributed by atoms with Crippen molar-refractivity contribution in [2.45, 2.75) is 19.0 Å².